The standard InChI is InChI=1S/C29H32N6OS/c1-5-20-13-14-25-22(16-20)17-24(28(36)30-25)26(27-31-32-33-35(27)29(2,3)4)34(19-23-12-9-15-37-23)18-21-10-7-6-8-11-21/h6-17,26H,5,18-19H2,1-4H3,(H,30,36)/t26-/m1/s1. The highest BCUT2D eigenvalue weighted by atomic mass is 32.1. The number of H-pyrrole nitrogens is 1. The van der Waals surface area contributed by atoms with E-state index < -0.39 is 6.04 Å². The Balaban J connectivity index is 1.73. The van der Waals surface area contributed by atoms with Crippen molar-refractivity contribution in [2.24, 2.45) is 0 Å². The predicted molar refractivity (Wildman–Crippen MR) is 149 cm³/mol. The molecular weight excluding hydrogens is 480 g/mol. The Kier molecular flexibility index (Phi) is 7.04. The molecule has 0 radical (unpaired) electrons. The van der Waals surface area contributed by atoms with Gasteiger partial charge in [0.1, 0.15) is 6.04 Å². The van der Waals surface area contributed by atoms with E-state index in [1.54, 1.807) is 11.3 Å². The number of tetrazole rings is 1. The lowest BCUT2D eigenvalue weighted by atomic mass is 10.00. The minimum atomic E-state index is -0.463. The molecule has 3 aromatic heterocycles. The summed E-state index contributed by atoms with van der Waals surface area (Å²) in [6.45, 7) is 9.64. The van der Waals surface area contributed by atoms with E-state index in [0.717, 1.165) is 22.9 Å². The highest BCUT2D eigenvalue weighted by molar-refractivity contribution is 7.09. The van der Waals surface area contributed by atoms with Crippen molar-refractivity contribution >= 4 is 22.2 Å². The molecule has 0 saturated carbocycles. The first-order valence-corrected chi connectivity index (χ1v) is 13.5. The van der Waals surface area contributed by atoms with E-state index in [1.807, 2.05) is 35.0 Å². The van der Waals surface area contributed by atoms with E-state index in [0.29, 0.717) is 24.5 Å². The Morgan fingerprint density at radius 1 is 1.00 bits per heavy atom. The Morgan fingerprint density at radius 2 is 1.81 bits per heavy atom. The minimum absolute atomic E-state index is 0.130. The molecule has 3 heterocycles. The quantitative estimate of drug-likeness (QED) is 0.289. The van der Waals surface area contributed by atoms with Crippen LogP contribution in [0.15, 0.2) is 76.9 Å². The van der Waals surface area contributed by atoms with Crippen LogP contribution in [0.3, 0.4) is 0 Å². The van der Waals surface area contributed by atoms with Gasteiger partial charge >= 0.3 is 0 Å². The molecule has 5 aromatic rings. The fourth-order valence-electron chi connectivity index (χ4n) is 4.70. The van der Waals surface area contributed by atoms with Crippen LogP contribution in [0.2, 0.25) is 0 Å². The van der Waals surface area contributed by atoms with Crippen LogP contribution < -0.4 is 5.56 Å². The van der Waals surface area contributed by atoms with Crippen LogP contribution in [0.1, 0.15) is 61.1 Å². The van der Waals surface area contributed by atoms with Crippen molar-refractivity contribution in [2.75, 3.05) is 0 Å². The van der Waals surface area contributed by atoms with Gasteiger partial charge in [0.15, 0.2) is 5.82 Å². The lowest BCUT2D eigenvalue weighted by Gasteiger charge is -2.32. The lowest BCUT2D eigenvalue weighted by molar-refractivity contribution is 0.186. The second-order valence-corrected chi connectivity index (χ2v) is 11.4. The smallest absolute Gasteiger partial charge is 0.253 e. The van der Waals surface area contributed by atoms with E-state index in [2.05, 4.69) is 94.9 Å². The zero-order valence-corrected chi connectivity index (χ0v) is 22.5. The maximum Gasteiger partial charge on any atom is 0.253 e. The van der Waals surface area contributed by atoms with Crippen molar-refractivity contribution in [3.63, 3.8) is 0 Å². The Bertz CT molecular complexity index is 1530. The van der Waals surface area contributed by atoms with Crippen LogP contribution in [-0.4, -0.2) is 30.1 Å². The summed E-state index contributed by atoms with van der Waals surface area (Å²) in [5.41, 5.74) is 3.35. The van der Waals surface area contributed by atoms with E-state index in [9.17, 15) is 4.79 Å². The fraction of sp³-hybridized carbons (Fsp3) is 0.310. The number of aromatic amines is 1. The lowest BCUT2D eigenvalue weighted by Crippen LogP contribution is -2.37. The molecule has 0 bridgehead atoms. The first kappa shape index (κ1) is 25.0. The molecule has 2 aromatic carbocycles. The van der Waals surface area contributed by atoms with Crippen molar-refractivity contribution in [3.8, 4) is 0 Å². The molecule has 190 valence electrons. The van der Waals surface area contributed by atoms with Gasteiger partial charge in [-0.25, -0.2) is 4.68 Å². The second kappa shape index (κ2) is 10.4. The minimum Gasteiger partial charge on any atom is -0.322 e. The van der Waals surface area contributed by atoms with E-state index >= 15 is 0 Å². The maximum absolute atomic E-state index is 13.7. The van der Waals surface area contributed by atoms with Gasteiger partial charge in [0.05, 0.1) is 5.54 Å². The number of thiophene rings is 1. The Labute approximate surface area is 220 Å². The van der Waals surface area contributed by atoms with Crippen LogP contribution >= 0.6 is 11.3 Å². The average molecular weight is 513 g/mol. The van der Waals surface area contributed by atoms with E-state index in [1.165, 1.54) is 10.4 Å². The number of nitrogens with zero attached hydrogens (tertiary/aromatic N) is 5. The third kappa shape index (κ3) is 5.40. The van der Waals surface area contributed by atoms with Crippen molar-refractivity contribution in [2.45, 2.75) is 58.8 Å². The molecular formula is C29H32N6OS. The summed E-state index contributed by atoms with van der Waals surface area (Å²) in [6, 6.07) is 22.3. The summed E-state index contributed by atoms with van der Waals surface area (Å²) in [6.07, 6.45) is 0.925. The molecule has 0 aliphatic carbocycles. The number of hydrogen-bond donors (Lipinski definition) is 1. The van der Waals surface area contributed by atoms with Gasteiger partial charge in [-0.1, -0.05) is 49.4 Å². The molecule has 0 aliphatic heterocycles. The Hall–Kier alpha value is -3.62. The van der Waals surface area contributed by atoms with Crippen LogP contribution in [0.5, 0.6) is 0 Å². The third-order valence-corrected chi connectivity index (χ3v) is 7.41. The molecule has 0 saturated heterocycles. The number of benzene rings is 2. The number of rotatable bonds is 8. The van der Waals surface area contributed by atoms with E-state index in [-0.39, 0.29) is 11.1 Å². The molecule has 1 N–H and O–H groups in total. The van der Waals surface area contributed by atoms with Gasteiger partial charge < -0.3 is 4.98 Å². The molecule has 0 amide bonds. The van der Waals surface area contributed by atoms with Gasteiger partial charge in [0.25, 0.3) is 5.56 Å². The van der Waals surface area contributed by atoms with Crippen LogP contribution in [0, 0.1) is 0 Å². The summed E-state index contributed by atoms with van der Waals surface area (Å²) in [5, 5.41) is 16.0. The summed E-state index contributed by atoms with van der Waals surface area (Å²) in [4.78, 5) is 20.3. The molecule has 5 rings (SSSR count). The number of hydrogen-bond acceptors (Lipinski definition) is 6. The topological polar surface area (TPSA) is 79.7 Å². The fourth-order valence-corrected chi connectivity index (χ4v) is 5.43. The number of aryl methyl sites for hydroxylation is 1. The van der Waals surface area contributed by atoms with Gasteiger partial charge in [0.2, 0.25) is 0 Å². The maximum atomic E-state index is 13.7. The molecule has 8 heteroatoms. The Morgan fingerprint density at radius 3 is 2.51 bits per heavy atom. The number of fused-ring (bicyclic) bond motifs is 1. The number of aromatic nitrogens is 5. The third-order valence-electron chi connectivity index (χ3n) is 6.55. The molecule has 37 heavy (non-hydrogen) atoms. The first-order valence-electron chi connectivity index (χ1n) is 12.6. The van der Waals surface area contributed by atoms with Crippen LogP contribution in [-0.2, 0) is 25.0 Å². The normalized spacial score (nSPS) is 12.9. The molecule has 0 aliphatic rings. The van der Waals surface area contributed by atoms with Gasteiger partial charge in [-0.2, -0.15) is 0 Å². The molecule has 7 nitrogen and oxygen atoms in total. The van der Waals surface area contributed by atoms with Crippen LogP contribution in [0.4, 0.5) is 0 Å². The average Bonchev–Trinajstić information content (AvgIpc) is 3.57. The molecule has 0 unspecified atom stereocenters. The van der Waals surface area contributed by atoms with Crippen molar-refractivity contribution in [1.82, 2.24) is 30.1 Å². The predicted octanol–water partition coefficient (Wildman–Crippen LogP) is 5.69. The molecule has 0 fully saturated rings. The van der Waals surface area contributed by atoms with Crippen molar-refractivity contribution in [1.29, 1.82) is 0 Å². The monoisotopic (exact) mass is 512 g/mol. The first-order chi connectivity index (χ1) is 17.8. The highest BCUT2D eigenvalue weighted by Gasteiger charge is 2.33. The van der Waals surface area contributed by atoms with Gasteiger partial charge in [-0.05, 0) is 83.8 Å². The SMILES string of the molecule is CCc1ccc2[nH]c(=O)c([C@H](c3nnnn3C(C)(C)C)N(Cc3ccccc3)Cc3cccs3)cc2c1. The van der Waals surface area contributed by atoms with E-state index in [4.69, 9.17) is 0 Å². The largest absolute Gasteiger partial charge is 0.322 e. The summed E-state index contributed by atoms with van der Waals surface area (Å²) >= 11 is 1.71. The van der Waals surface area contributed by atoms with Crippen LogP contribution in [0.25, 0.3) is 10.9 Å². The summed E-state index contributed by atoms with van der Waals surface area (Å²) in [7, 11) is 0. The summed E-state index contributed by atoms with van der Waals surface area (Å²) in [5.74, 6) is 0.650. The van der Waals surface area contributed by atoms with Gasteiger partial charge in [0, 0.05) is 29.0 Å². The number of nitrogens with one attached hydrogen (secondary N) is 1. The molecule has 1 atom stereocenters. The van der Waals surface area contributed by atoms with Gasteiger partial charge in [-0.3, -0.25) is 9.69 Å². The highest BCUT2D eigenvalue weighted by Crippen LogP contribution is 2.32. The zero-order valence-electron chi connectivity index (χ0n) is 21.7. The number of pyridine rings is 1. The second-order valence-electron chi connectivity index (χ2n) is 10.3. The van der Waals surface area contributed by atoms with Crippen molar-refractivity contribution < 1.29 is 0 Å². The van der Waals surface area contributed by atoms with Crippen molar-refractivity contribution in [3.05, 3.63) is 110 Å². The zero-order chi connectivity index (χ0) is 26.0. The molecule has 0 spiro atoms. The van der Waals surface area contributed by atoms with Gasteiger partial charge in [-0.15, -0.1) is 16.4 Å². The summed E-state index contributed by atoms with van der Waals surface area (Å²) < 4.78 is 1.84.